The first kappa shape index (κ1) is 17.3. The summed E-state index contributed by atoms with van der Waals surface area (Å²) in [5.41, 5.74) is 10.3. The number of para-hydroxylation sites is 1. The second kappa shape index (κ2) is 6.08. The largest absolute Gasteiger partial charge is 0.349 e. The van der Waals surface area contributed by atoms with E-state index < -0.39 is 0 Å². The molecule has 7 rings (SSSR count). The van der Waals surface area contributed by atoms with E-state index in [2.05, 4.69) is 91.5 Å². The zero-order chi connectivity index (χ0) is 20.7. The Hall–Kier alpha value is -3.37. The first-order valence-electron chi connectivity index (χ1n) is 10.7. The van der Waals surface area contributed by atoms with Gasteiger partial charge in [-0.25, -0.2) is 0 Å². The quantitative estimate of drug-likeness (QED) is 0.308. The lowest BCUT2D eigenvalue weighted by molar-refractivity contribution is 1.24. The number of rotatable bonds is 1. The molecule has 0 fully saturated rings. The van der Waals surface area contributed by atoms with Gasteiger partial charge in [0.1, 0.15) is 0 Å². The molecule has 2 aliphatic heterocycles. The number of thiophene rings is 1. The standard InChI is InChI=1S/C27H19BN2S/c1-16-14-20-19-9-3-6-13-24(19)31-27(20)17(2)26(16)30-22-11-5-4-10-21(22)28-25-18(15-29-28)8-7-12-23(25)30/h3-15H,1-2H3. The normalized spacial score (nSPS) is 13.9. The Balaban J connectivity index is 1.58. The zero-order valence-electron chi connectivity index (χ0n) is 17.4. The van der Waals surface area contributed by atoms with Gasteiger partial charge in [0, 0.05) is 37.8 Å². The second-order valence-corrected chi connectivity index (χ2v) is 9.55. The van der Waals surface area contributed by atoms with Crippen molar-refractivity contribution >= 4 is 72.6 Å². The molecular formula is C27H19BN2S. The summed E-state index contributed by atoms with van der Waals surface area (Å²) in [6.45, 7) is 4.64. The maximum Gasteiger partial charge on any atom is 0.349 e. The van der Waals surface area contributed by atoms with Crippen LogP contribution in [0.2, 0.25) is 0 Å². The summed E-state index contributed by atoms with van der Waals surface area (Å²) in [5.74, 6) is 0. The minimum atomic E-state index is 0.104. The summed E-state index contributed by atoms with van der Waals surface area (Å²) < 4.78 is 2.73. The Morgan fingerprint density at radius 2 is 1.65 bits per heavy atom. The van der Waals surface area contributed by atoms with Crippen LogP contribution in [0.15, 0.2) is 77.7 Å². The molecule has 4 heteroatoms. The van der Waals surface area contributed by atoms with Crippen LogP contribution in [0.1, 0.15) is 16.7 Å². The molecule has 0 amide bonds. The molecule has 4 aromatic carbocycles. The number of hydrogen-bond acceptors (Lipinski definition) is 3. The molecule has 0 radical (unpaired) electrons. The van der Waals surface area contributed by atoms with Gasteiger partial charge in [0.05, 0.1) is 5.69 Å². The average Bonchev–Trinajstić information content (AvgIpc) is 3.39. The van der Waals surface area contributed by atoms with Crippen molar-refractivity contribution in [1.29, 1.82) is 0 Å². The lowest BCUT2D eigenvalue weighted by atomic mass is 9.49. The Morgan fingerprint density at radius 1 is 0.839 bits per heavy atom. The molecule has 0 atom stereocenters. The fraction of sp³-hybridized carbons (Fsp3) is 0.0741. The van der Waals surface area contributed by atoms with E-state index in [4.69, 9.17) is 4.90 Å². The fourth-order valence-corrected chi connectivity index (χ4v) is 6.64. The van der Waals surface area contributed by atoms with E-state index in [0.717, 1.165) is 0 Å². The first-order valence-corrected chi connectivity index (χ1v) is 11.5. The SMILES string of the molecule is Cc1cc2c(sc3ccccc32)c(C)c1N1c2ccccc2B2N=Cc3cccc1c32. The van der Waals surface area contributed by atoms with Gasteiger partial charge in [0.15, 0.2) is 0 Å². The number of aryl methyl sites for hydroxylation is 2. The summed E-state index contributed by atoms with van der Waals surface area (Å²) in [6.07, 6.45) is 2.04. The predicted molar refractivity (Wildman–Crippen MR) is 136 cm³/mol. The highest BCUT2D eigenvalue weighted by molar-refractivity contribution is 7.26. The van der Waals surface area contributed by atoms with Crippen LogP contribution in [0.4, 0.5) is 17.1 Å². The Bertz CT molecular complexity index is 1580. The van der Waals surface area contributed by atoms with Gasteiger partial charge in [0.2, 0.25) is 0 Å². The monoisotopic (exact) mass is 414 g/mol. The summed E-state index contributed by atoms with van der Waals surface area (Å²) in [5, 5.41) is 2.72. The van der Waals surface area contributed by atoms with Crippen molar-refractivity contribution in [3.05, 3.63) is 89.5 Å². The summed E-state index contributed by atoms with van der Waals surface area (Å²) >= 11 is 1.90. The van der Waals surface area contributed by atoms with Crippen molar-refractivity contribution in [2.45, 2.75) is 13.8 Å². The third kappa shape index (κ3) is 2.20. The zero-order valence-corrected chi connectivity index (χ0v) is 18.2. The van der Waals surface area contributed by atoms with Crippen LogP contribution >= 0.6 is 11.3 Å². The van der Waals surface area contributed by atoms with Crippen LogP contribution in [0.5, 0.6) is 0 Å². The number of benzene rings is 4. The third-order valence-electron chi connectivity index (χ3n) is 6.75. The van der Waals surface area contributed by atoms with Crippen LogP contribution in [0, 0.1) is 13.8 Å². The van der Waals surface area contributed by atoms with Gasteiger partial charge in [-0.05, 0) is 65.7 Å². The van der Waals surface area contributed by atoms with Crippen molar-refractivity contribution in [3.8, 4) is 0 Å². The van der Waals surface area contributed by atoms with Gasteiger partial charge in [-0.3, -0.25) is 0 Å². The van der Waals surface area contributed by atoms with Gasteiger partial charge in [-0.15, -0.1) is 11.3 Å². The lowest BCUT2D eigenvalue weighted by Gasteiger charge is -2.36. The van der Waals surface area contributed by atoms with Crippen LogP contribution in [-0.4, -0.2) is 13.1 Å². The number of hydrogen-bond donors (Lipinski definition) is 0. The van der Waals surface area contributed by atoms with Crippen molar-refractivity contribution in [1.82, 2.24) is 0 Å². The minimum Gasteiger partial charge on any atom is -0.335 e. The second-order valence-electron chi connectivity index (χ2n) is 8.50. The fourth-order valence-electron chi connectivity index (χ4n) is 5.45. The Morgan fingerprint density at radius 3 is 2.58 bits per heavy atom. The van der Waals surface area contributed by atoms with Gasteiger partial charge in [0.25, 0.3) is 0 Å². The van der Waals surface area contributed by atoms with E-state index in [1.165, 1.54) is 64.9 Å². The van der Waals surface area contributed by atoms with Gasteiger partial charge in [-0.1, -0.05) is 48.5 Å². The smallest absolute Gasteiger partial charge is 0.335 e. The molecule has 5 aromatic rings. The molecule has 0 saturated heterocycles. The third-order valence-corrected chi connectivity index (χ3v) is 8.06. The van der Waals surface area contributed by atoms with Gasteiger partial charge in [-0.2, -0.15) is 0 Å². The van der Waals surface area contributed by atoms with E-state index in [0.29, 0.717) is 0 Å². The summed E-state index contributed by atoms with van der Waals surface area (Å²) in [7, 11) is 0. The maximum absolute atomic E-state index is 4.88. The first-order chi connectivity index (χ1) is 15.2. The van der Waals surface area contributed by atoms with Crippen molar-refractivity contribution in [2.75, 3.05) is 4.90 Å². The number of fused-ring (bicyclic) bond motifs is 5. The Labute approximate surface area is 185 Å². The molecule has 0 N–H and O–H groups in total. The topological polar surface area (TPSA) is 15.6 Å². The van der Waals surface area contributed by atoms with Gasteiger partial charge >= 0.3 is 6.85 Å². The van der Waals surface area contributed by atoms with Crippen LogP contribution < -0.4 is 15.8 Å². The van der Waals surface area contributed by atoms with Crippen LogP contribution in [0.25, 0.3) is 20.2 Å². The average molecular weight is 414 g/mol. The molecule has 31 heavy (non-hydrogen) atoms. The van der Waals surface area contributed by atoms with E-state index >= 15 is 0 Å². The highest BCUT2D eigenvalue weighted by Crippen LogP contribution is 2.46. The van der Waals surface area contributed by atoms with Crippen LogP contribution in [-0.2, 0) is 0 Å². The summed E-state index contributed by atoms with van der Waals surface area (Å²) in [6, 6.07) is 26.5. The highest BCUT2D eigenvalue weighted by atomic mass is 32.1. The Kier molecular flexibility index (Phi) is 3.40. The molecule has 0 saturated carbocycles. The molecule has 0 spiro atoms. The molecule has 146 valence electrons. The molecule has 3 heterocycles. The summed E-state index contributed by atoms with van der Waals surface area (Å²) in [4.78, 5) is 7.36. The number of nitrogens with zero attached hydrogens (tertiary/aromatic N) is 2. The molecule has 2 nitrogen and oxygen atoms in total. The maximum atomic E-state index is 4.88. The lowest BCUT2D eigenvalue weighted by Crippen LogP contribution is -2.48. The molecule has 0 bridgehead atoms. The van der Waals surface area contributed by atoms with Crippen molar-refractivity contribution in [3.63, 3.8) is 0 Å². The minimum absolute atomic E-state index is 0.104. The molecule has 0 unspecified atom stereocenters. The molecule has 0 aliphatic carbocycles. The number of anilines is 3. The van der Waals surface area contributed by atoms with Crippen molar-refractivity contribution < 1.29 is 0 Å². The van der Waals surface area contributed by atoms with E-state index in [9.17, 15) is 0 Å². The van der Waals surface area contributed by atoms with Crippen LogP contribution in [0.3, 0.4) is 0 Å². The van der Waals surface area contributed by atoms with E-state index in [-0.39, 0.29) is 6.85 Å². The predicted octanol–water partition coefficient (Wildman–Crippen LogP) is 5.99. The van der Waals surface area contributed by atoms with Gasteiger partial charge < -0.3 is 9.80 Å². The van der Waals surface area contributed by atoms with E-state index in [1.54, 1.807) is 0 Å². The van der Waals surface area contributed by atoms with Crippen molar-refractivity contribution in [2.24, 2.45) is 4.90 Å². The van der Waals surface area contributed by atoms with E-state index in [1.807, 2.05) is 17.6 Å². The molecule has 2 aliphatic rings. The molecule has 1 aromatic heterocycles. The highest BCUT2D eigenvalue weighted by Gasteiger charge is 2.38. The molecular weight excluding hydrogens is 395 g/mol.